The second-order valence-corrected chi connectivity index (χ2v) is 14.5. The smallest absolute Gasteiger partial charge is 0.418 e. The Morgan fingerprint density at radius 2 is 1.90 bits per heavy atom. The van der Waals surface area contributed by atoms with Crippen molar-refractivity contribution in [2.75, 3.05) is 18.8 Å². The largest absolute Gasteiger partial charge is 0.443 e. The molecule has 6 nitrogen and oxygen atoms in total. The number of nitrogens with one attached hydrogen (secondary N) is 1. The SMILES string of the molecule is CC(C)(C)OC(=O)n1ccc2c(-c3cc(F)cc(CNS(C)(C)(C)=O)c3)nccc21. The van der Waals surface area contributed by atoms with Gasteiger partial charge in [0.1, 0.15) is 11.4 Å². The second-order valence-electron chi connectivity index (χ2n) is 9.35. The molecule has 2 aromatic heterocycles. The van der Waals surface area contributed by atoms with Gasteiger partial charge < -0.3 is 4.74 Å². The Hall–Kier alpha value is -2.58. The Kier molecular flexibility index (Phi) is 5.37. The average Bonchev–Trinajstić information content (AvgIpc) is 3.01. The molecule has 3 aromatic rings. The molecule has 0 aliphatic rings. The molecule has 1 N–H and O–H groups in total. The Bertz CT molecular complexity index is 1180. The lowest BCUT2D eigenvalue weighted by atomic mass is 10.0. The summed E-state index contributed by atoms with van der Waals surface area (Å²) in [4.78, 5) is 16.9. The third-order valence-corrected chi connectivity index (χ3v) is 5.33. The number of hydrogen-bond acceptors (Lipinski definition) is 4. The molecule has 0 saturated carbocycles. The lowest BCUT2D eigenvalue weighted by Crippen LogP contribution is -2.43. The summed E-state index contributed by atoms with van der Waals surface area (Å²) < 4.78 is 36.7. The number of halogens is 1. The first kappa shape index (κ1) is 22.1. The van der Waals surface area contributed by atoms with Crippen LogP contribution in [0.5, 0.6) is 0 Å². The van der Waals surface area contributed by atoms with E-state index in [0.29, 0.717) is 27.7 Å². The van der Waals surface area contributed by atoms with Crippen LogP contribution < -0.4 is 4.72 Å². The van der Waals surface area contributed by atoms with Gasteiger partial charge in [-0.05, 0) is 56.7 Å². The van der Waals surface area contributed by atoms with Gasteiger partial charge in [0.05, 0.1) is 11.2 Å². The molecule has 0 unspecified atom stereocenters. The van der Waals surface area contributed by atoms with Gasteiger partial charge in [0.2, 0.25) is 0 Å². The van der Waals surface area contributed by atoms with Crippen molar-refractivity contribution in [1.29, 1.82) is 0 Å². The van der Waals surface area contributed by atoms with Crippen LogP contribution in [0.15, 0.2) is 42.7 Å². The van der Waals surface area contributed by atoms with Crippen LogP contribution in [0.4, 0.5) is 9.18 Å². The third-order valence-electron chi connectivity index (χ3n) is 4.21. The summed E-state index contributed by atoms with van der Waals surface area (Å²) in [5, 5.41) is 0.705. The average molecular weight is 434 g/mol. The van der Waals surface area contributed by atoms with Gasteiger partial charge in [-0.3, -0.25) is 18.5 Å². The van der Waals surface area contributed by atoms with Crippen LogP contribution in [0.3, 0.4) is 0 Å². The number of carbonyl (C=O) groups is 1. The van der Waals surface area contributed by atoms with Crippen molar-refractivity contribution in [2.45, 2.75) is 32.9 Å². The minimum atomic E-state index is -2.94. The van der Waals surface area contributed by atoms with Crippen molar-refractivity contribution in [3.05, 3.63) is 54.1 Å². The standard InChI is InChI=1S/C22H28FN3O3S/c1-22(2,3)29-21(27)26-10-8-18-19(26)7-9-24-20(18)16-11-15(12-17(23)13-16)14-25-30(4,5,6)28/h7-13H,14H2,1-6H3,(H,25,28). The molecule has 0 amide bonds. The van der Waals surface area contributed by atoms with Crippen LogP contribution in [0.25, 0.3) is 22.2 Å². The number of hydrogen-bond donors (Lipinski definition) is 1. The van der Waals surface area contributed by atoms with Crippen molar-refractivity contribution >= 4 is 26.2 Å². The van der Waals surface area contributed by atoms with Crippen LogP contribution >= 0.6 is 0 Å². The molecule has 30 heavy (non-hydrogen) atoms. The topological polar surface area (TPSA) is 73.2 Å². The summed E-state index contributed by atoms with van der Waals surface area (Å²) in [6.07, 6.45) is 7.62. The zero-order chi connectivity index (χ0) is 22.3. The lowest BCUT2D eigenvalue weighted by molar-refractivity contribution is 0.0544. The molecule has 0 saturated heterocycles. The van der Waals surface area contributed by atoms with Crippen molar-refractivity contribution < 1.29 is 18.1 Å². The molecule has 0 bridgehead atoms. The van der Waals surface area contributed by atoms with E-state index < -0.39 is 26.8 Å². The van der Waals surface area contributed by atoms with Gasteiger partial charge in [0.25, 0.3) is 0 Å². The first-order valence-electron chi connectivity index (χ1n) is 9.52. The molecule has 0 aliphatic heterocycles. The van der Waals surface area contributed by atoms with Gasteiger partial charge in [0.15, 0.2) is 0 Å². The van der Waals surface area contributed by atoms with Crippen LogP contribution in [0.1, 0.15) is 26.3 Å². The van der Waals surface area contributed by atoms with E-state index in [9.17, 15) is 13.4 Å². The molecule has 162 valence electrons. The maximum absolute atomic E-state index is 14.3. The zero-order valence-electron chi connectivity index (χ0n) is 18.2. The summed E-state index contributed by atoms with van der Waals surface area (Å²) in [6, 6.07) is 8.09. The van der Waals surface area contributed by atoms with Crippen LogP contribution in [-0.4, -0.2) is 44.2 Å². The molecular formula is C22H28FN3O3S. The minimum absolute atomic E-state index is 0.258. The van der Waals surface area contributed by atoms with Gasteiger partial charge in [-0.2, -0.15) is 0 Å². The van der Waals surface area contributed by atoms with E-state index in [1.807, 2.05) is 0 Å². The number of nitrogens with zero attached hydrogens (tertiary/aromatic N) is 2. The Morgan fingerprint density at radius 3 is 2.53 bits per heavy atom. The number of pyridine rings is 1. The van der Waals surface area contributed by atoms with E-state index in [0.717, 1.165) is 0 Å². The maximum atomic E-state index is 14.3. The monoisotopic (exact) mass is 433 g/mol. The van der Waals surface area contributed by atoms with E-state index in [4.69, 9.17) is 4.74 Å². The van der Waals surface area contributed by atoms with Crippen LogP contribution in [-0.2, 0) is 20.5 Å². The number of ether oxygens (including phenoxy) is 1. The molecular weight excluding hydrogens is 405 g/mol. The first-order valence-corrected chi connectivity index (χ1v) is 12.7. The molecule has 0 radical (unpaired) electrons. The fraction of sp³-hybridized carbons (Fsp3) is 0.364. The van der Waals surface area contributed by atoms with Gasteiger partial charge in [-0.15, -0.1) is 0 Å². The maximum Gasteiger partial charge on any atom is 0.418 e. The zero-order valence-corrected chi connectivity index (χ0v) is 19.0. The fourth-order valence-electron chi connectivity index (χ4n) is 2.99. The van der Waals surface area contributed by atoms with E-state index in [1.54, 1.807) is 70.1 Å². The first-order chi connectivity index (χ1) is 13.7. The van der Waals surface area contributed by atoms with E-state index >= 15 is 0 Å². The van der Waals surface area contributed by atoms with Gasteiger partial charge in [-0.1, -0.05) is 9.25 Å². The van der Waals surface area contributed by atoms with E-state index in [-0.39, 0.29) is 6.54 Å². The van der Waals surface area contributed by atoms with Crippen molar-refractivity contribution in [1.82, 2.24) is 14.3 Å². The highest BCUT2D eigenvalue weighted by molar-refractivity contribution is 8.16. The number of carbonyl (C=O) groups excluding carboxylic acids is 1. The van der Waals surface area contributed by atoms with E-state index in [1.165, 1.54) is 16.7 Å². The van der Waals surface area contributed by atoms with Crippen molar-refractivity contribution in [3.63, 3.8) is 0 Å². The van der Waals surface area contributed by atoms with Gasteiger partial charge in [0, 0.05) is 48.7 Å². The van der Waals surface area contributed by atoms with Crippen LogP contribution in [0.2, 0.25) is 0 Å². The predicted octanol–water partition coefficient (Wildman–Crippen LogP) is 4.34. The quantitative estimate of drug-likeness (QED) is 0.664. The highest BCUT2D eigenvalue weighted by Gasteiger charge is 2.21. The lowest BCUT2D eigenvalue weighted by Gasteiger charge is -2.30. The third kappa shape index (κ3) is 5.52. The van der Waals surface area contributed by atoms with Crippen LogP contribution in [0, 0.1) is 5.82 Å². The Morgan fingerprint density at radius 1 is 1.20 bits per heavy atom. The molecule has 0 aliphatic carbocycles. The molecule has 8 heteroatoms. The fourth-order valence-corrected chi connectivity index (χ4v) is 3.64. The Balaban J connectivity index is 2.01. The van der Waals surface area contributed by atoms with Gasteiger partial charge in [-0.25, -0.2) is 9.18 Å². The molecule has 0 fully saturated rings. The highest BCUT2D eigenvalue weighted by atomic mass is 32.3. The summed E-state index contributed by atoms with van der Waals surface area (Å²) in [6.45, 7) is 5.67. The second kappa shape index (κ2) is 7.28. The normalized spacial score (nSPS) is 13.8. The Labute approximate surface area is 176 Å². The summed E-state index contributed by atoms with van der Waals surface area (Å²) in [7, 11) is -2.94. The number of rotatable bonds is 4. The number of benzene rings is 1. The summed E-state index contributed by atoms with van der Waals surface area (Å²) in [5.41, 5.74) is 1.78. The molecule has 2 heterocycles. The summed E-state index contributed by atoms with van der Waals surface area (Å²) >= 11 is 0. The molecule has 3 rings (SSSR count). The van der Waals surface area contributed by atoms with Crippen molar-refractivity contribution in [2.24, 2.45) is 0 Å². The molecule has 1 aromatic carbocycles. The summed E-state index contributed by atoms with van der Waals surface area (Å²) in [5.74, 6) is -0.415. The highest BCUT2D eigenvalue weighted by Crippen LogP contribution is 2.29. The van der Waals surface area contributed by atoms with Gasteiger partial charge >= 0.3 is 6.09 Å². The van der Waals surface area contributed by atoms with E-state index in [2.05, 4.69) is 9.71 Å². The number of aromatic nitrogens is 2. The minimum Gasteiger partial charge on any atom is -0.443 e. The number of fused-ring (bicyclic) bond motifs is 1. The molecule has 0 spiro atoms. The predicted molar refractivity (Wildman–Crippen MR) is 120 cm³/mol. The van der Waals surface area contributed by atoms with Crippen molar-refractivity contribution in [3.8, 4) is 11.3 Å². The molecule has 0 atom stereocenters.